The SMILES string of the molecule is CCC(C)/C=C\C(=C/C=N)C(C)(C)CC(C)(C)C. The largest absolute Gasteiger partial charge is 0.309 e. The topological polar surface area (TPSA) is 23.9 Å². The molecule has 0 aliphatic heterocycles. The van der Waals surface area contributed by atoms with Crippen molar-refractivity contribution in [1.82, 2.24) is 0 Å². The quantitative estimate of drug-likeness (QED) is 0.466. The number of rotatable bonds is 6. The van der Waals surface area contributed by atoms with Gasteiger partial charge in [-0.2, -0.15) is 0 Å². The third kappa shape index (κ3) is 6.78. The van der Waals surface area contributed by atoms with Crippen LogP contribution < -0.4 is 0 Å². The molecule has 0 rings (SSSR count). The van der Waals surface area contributed by atoms with Crippen molar-refractivity contribution in [3.8, 4) is 0 Å². The summed E-state index contributed by atoms with van der Waals surface area (Å²) in [4.78, 5) is 0. The summed E-state index contributed by atoms with van der Waals surface area (Å²) < 4.78 is 0. The molecule has 18 heavy (non-hydrogen) atoms. The fourth-order valence-electron chi connectivity index (χ4n) is 2.43. The minimum Gasteiger partial charge on any atom is -0.309 e. The van der Waals surface area contributed by atoms with Gasteiger partial charge in [0.15, 0.2) is 0 Å². The van der Waals surface area contributed by atoms with Crippen LogP contribution in [0.4, 0.5) is 0 Å². The second kappa shape index (κ2) is 6.92. The van der Waals surface area contributed by atoms with E-state index in [1.807, 2.05) is 6.08 Å². The first-order chi connectivity index (χ1) is 8.12. The van der Waals surface area contributed by atoms with Gasteiger partial charge in [-0.05, 0) is 34.8 Å². The van der Waals surface area contributed by atoms with Gasteiger partial charge in [0.05, 0.1) is 0 Å². The Hall–Kier alpha value is -0.850. The van der Waals surface area contributed by atoms with Crippen LogP contribution >= 0.6 is 0 Å². The van der Waals surface area contributed by atoms with E-state index in [2.05, 4.69) is 60.6 Å². The minimum absolute atomic E-state index is 0.111. The van der Waals surface area contributed by atoms with Gasteiger partial charge in [0.2, 0.25) is 0 Å². The summed E-state index contributed by atoms with van der Waals surface area (Å²) in [5.74, 6) is 0.601. The lowest BCUT2D eigenvalue weighted by Gasteiger charge is -2.33. The fourth-order valence-corrected chi connectivity index (χ4v) is 2.43. The number of hydrogen-bond acceptors (Lipinski definition) is 1. The zero-order valence-corrected chi connectivity index (χ0v) is 13.3. The third-order valence-corrected chi connectivity index (χ3v) is 3.26. The molecule has 1 unspecified atom stereocenters. The molecule has 0 aromatic heterocycles. The monoisotopic (exact) mass is 249 g/mol. The Kier molecular flexibility index (Phi) is 6.59. The van der Waals surface area contributed by atoms with Crippen molar-refractivity contribution in [2.45, 2.75) is 61.3 Å². The molecule has 0 saturated carbocycles. The van der Waals surface area contributed by atoms with Crippen LogP contribution in [0.3, 0.4) is 0 Å². The zero-order chi connectivity index (χ0) is 14.4. The van der Waals surface area contributed by atoms with Gasteiger partial charge in [0.25, 0.3) is 0 Å². The van der Waals surface area contributed by atoms with Gasteiger partial charge < -0.3 is 5.41 Å². The Morgan fingerprint density at radius 3 is 2.11 bits per heavy atom. The molecule has 0 saturated heterocycles. The highest BCUT2D eigenvalue weighted by atomic mass is 14.3. The predicted octanol–water partition coefficient (Wildman–Crippen LogP) is 5.63. The van der Waals surface area contributed by atoms with E-state index in [9.17, 15) is 0 Å². The Bertz CT molecular complexity index is 313. The van der Waals surface area contributed by atoms with Crippen LogP contribution in [0, 0.1) is 22.2 Å². The molecule has 0 radical (unpaired) electrons. The summed E-state index contributed by atoms with van der Waals surface area (Å²) >= 11 is 0. The van der Waals surface area contributed by atoms with Gasteiger partial charge in [-0.3, -0.25) is 0 Å². The van der Waals surface area contributed by atoms with Crippen molar-refractivity contribution in [2.24, 2.45) is 16.7 Å². The third-order valence-electron chi connectivity index (χ3n) is 3.26. The highest BCUT2D eigenvalue weighted by Crippen LogP contribution is 2.39. The minimum atomic E-state index is 0.111. The van der Waals surface area contributed by atoms with E-state index in [0.717, 1.165) is 12.8 Å². The molecule has 1 heteroatoms. The number of allylic oxidation sites excluding steroid dienone is 4. The summed E-state index contributed by atoms with van der Waals surface area (Å²) in [5, 5.41) is 7.34. The predicted molar refractivity (Wildman–Crippen MR) is 83.3 cm³/mol. The maximum atomic E-state index is 7.34. The fraction of sp³-hybridized carbons (Fsp3) is 0.706. The number of nitrogens with one attached hydrogen (secondary N) is 1. The van der Waals surface area contributed by atoms with E-state index in [4.69, 9.17) is 5.41 Å². The van der Waals surface area contributed by atoms with E-state index in [0.29, 0.717) is 11.3 Å². The molecule has 0 aromatic carbocycles. The first-order valence-electron chi connectivity index (χ1n) is 7.02. The first kappa shape index (κ1) is 17.2. The number of hydrogen-bond donors (Lipinski definition) is 1. The van der Waals surface area contributed by atoms with Crippen LogP contribution in [0.2, 0.25) is 0 Å². The Morgan fingerprint density at radius 2 is 1.72 bits per heavy atom. The zero-order valence-electron chi connectivity index (χ0n) is 13.3. The van der Waals surface area contributed by atoms with Crippen molar-refractivity contribution in [3.63, 3.8) is 0 Å². The molecule has 0 bridgehead atoms. The lowest BCUT2D eigenvalue weighted by Crippen LogP contribution is -2.22. The second-order valence-electron chi connectivity index (χ2n) is 7.15. The molecule has 0 fully saturated rings. The molecule has 0 heterocycles. The molecule has 1 atom stereocenters. The van der Waals surface area contributed by atoms with Crippen LogP contribution in [0.25, 0.3) is 0 Å². The van der Waals surface area contributed by atoms with Crippen LogP contribution in [-0.2, 0) is 0 Å². The molecule has 0 aliphatic carbocycles. The van der Waals surface area contributed by atoms with Gasteiger partial charge in [-0.25, -0.2) is 0 Å². The Balaban J connectivity index is 5.06. The molecule has 1 N–H and O–H groups in total. The van der Waals surface area contributed by atoms with Gasteiger partial charge in [0, 0.05) is 6.21 Å². The first-order valence-corrected chi connectivity index (χ1v) is 7.02. The molecule has 104 valence electrons. The lowest BCUT2D eigenvalue weighted by molar-refractivity contribution is 0.253. The van der Waals surface area contributed by atoms with E-state index in [1.54, 1.807) is 0 Å². The Morgan fingerprint density at radius 1 is 1.17 bits per heavy atom. The van der Waals surface area contributed by atoms with E-state index >= 15 is 0 Å². The molecule has 0 spiro atoms. The van der Waals surface area contributed by atoms with Crippen molar-refractivity contribution in [1.29, 1.82) is 5.41 Å². The maximum absolute atomic E-state index is 7.34. The maximum Gasteiger partial charge on any atom is 0.0180 e. The normalized spacial score (nSPS) is 16.1. The average Bonchev–Trinajstić information content (AvgIpc) is 2.19. The molecule has 1 nitrogen and oxygen atoms in total. The van der Waals surface area contributed by atoms with Crippen molar-refractivity contribution < 1.29 is 0 Å². The molecule has 0 aliphatic rings. The van der Waals surface area contributed by atoms with Crippen LogP contribution in [-0.4, -0.2) is 6.21 Å². The van der Waals surface area contributed by atoms with E-state index in [1.165, 1.54) is 11.8 Å². The summed E-state index contributed by atoms with van der Waals surface area (Å²) in [6.45, 7) is 15.8. The van der Waals surface area contributed by atoms with E-state index in [-0.39, 0.29) is 5.41 Å². The standard InChI is InChI=1S/C17H31N/c1-8-14(2)9-10-15(11-12-18)17(6,7)13-16(3,4)5/h9-12,14,18H,8,13H2,1-7H3/b10-9-,15-11+,18-12?. The van der Waals surface area contributed by atoms with Crippen LogP contribution in [0.1, 0.15) is 61.3 Å². The molecule has 0 aromatic rings. The van der Waals surface area contributed by atoms with Crippen molar-refractivity contribution in [3.05, 3.63) is 23.8 Å². The highest BCUT2D eigenvalue weighted by molar-refractivity contribution is 5.70. The average molecular weight is 249 g/mol. The smallest absolute Gasteiger partial charge is 0.0180 e. The van der Waals surface area contributed by atoms with Gasteiger partial charge in [-0.1, -0.05) is 67.0 Å². The van der Waals surface area contributed by atoms with Crippen molar-refractivity contribution >= 4 is 6.21 Å². The van der Waals surface area contributed by atoms with Crippen LogP contribution in [0.5, 0.6) is 0 Å². The summed E-state index contributed by atoms with van der Waals surface area (Å²) in [5.41, 5.74) is 1.67. The van der Waals surface area contributed by atoms with E-state index < -0.39 is 0 Å². The Labute approximate surface area is 114 Å². The highest BCUT2D eigenvalue weighted by Gasteiger charge is 2.27. The van der Waals surface area contributed by atoms with Crippen LogP contribution in [0.15, 0.2) is 23.8 Å². The van der Waals surface area contributed by atoms with Gasteiger partial charge >= 0.3 is 0 Å². The van der Waals surface area contributed by atoms with Gasteiger partial charge in [-0.15, -0.1) is 0 Å². The summed E-state index contributed by atoms with van der Waals surface area (Å²) in [7, 11) is 0. The summed E-state index contributed by atoms with van der Waals surface area (Å²) in [6, 6.07) is 0. The molecule has 0 amide bonds. The van der Waals surface area contributed by atoms with Gasteiger partial charge in [0.1, 0.15) is 0 Å². The second-order valence-corrected chi connectivity index (χ2v) is 7.15. The summed E-state index contributed by atoms with van der Waals surface area (Å²) in [6.07, 6.45) is 10.1. The lowest BCUT2D eigenvalue weighted by atomic mass is 9.71. The molecular weight excluding hydrogens is 218 g/mol. The molecular formula is C17H31N. The van der Waals surface area contributed by atoms with Crippen molar-refractivity contribution in [2.75, 3.05) is 0 Å².